The first-order valence-corrected chi connectivity index (χ1v) is 11.3. The standard InChI is InChI=1S/C27H22N2O6/c1-34-26(35-2)27-19-9-5-3-7-17(19)21(18-8-4-6-10-20(18)27)22-23(27)25(31)28(24(22)30)15-11-13-16(14-12-15)29(32)33/h3-14,21-23,26H,1-2H3/t21?,22-,23-,27?/m0/s1. The van der Waals surface area contributed by atoms with Crippen LogP contribution in [0.3, 0.4) is 0 Å². The zero-order valence-electron chi connectivity index (χ0n) is 19.1. The van der Waals surface area contributed by atoms with Crippen molar-refractivity contribution in [1.82, 2.24) is 0 Å². The number of carbonyl (C=O) groups is 2. The van der Waals surface area contributed by atoms with Crippen LogP contribution in [0.5, 0.6) is 0 Å². The minimum absolute atomic E-state index is 0.111. The largest absolute Gasteiger partial charge is 0.355 e. The molecule has 1 saturated heterocycles. The predicted octanol–water partition coefficient (Wildman–Crippen LogP) is 3.76. The monoisotopic (exact) mass is 470 g/mol. The molecule has 3 aromatic rings. The molecule has 3 aliphatic carbocycles. The molecule has 0 saturated carbocycles. The van der Waals surface area contributed by atoms with Crippen molar-refractivity contribution in [2.24, 2.45) is 11.8 Å². The summed E-state index contributed by atoms with van der Waals surface area (Å²) in [5, 5.41) is 11.1. The molecule has 2 atom stereocenters. The number of nitrogens with zero attached hydrogens (tertiary/aromatic N) is 2. The Balaban J connectivity index is 1.62. The second kappa shape index (κ2) is 7.56. The first kappa shape index (κ1) is 21.6. The number of non-ortho nitro benzene ring substituents is 1. The molecule has 1 aliphatic heterocycles. The molecule has 0 spiro atoms. The number of amides is 2. The fraction of sp³-hybridized carbons (Fsp3) is 0.259. The fourth-order valence-electron chi connectivity index (χ4n) is 6.68. The summed E-state index contributed by atoms with van der Waals surface area (Å²) in [5.74, 6) is -2.40. The number of nitro groups is 1. The molecule has 1 fully saturated rings. The SMILES string of the molecule is COC(OC)C12c3ccccc3C(c3ccccc31)[C@@H]1C(=O)N(c3ccc([N+](=O)[O-])cc3)C(=O)[C@H]12. The summed E-state index contributed by atoms with van der Waals surface area (Å²) in [6.07, 6.45) is -0.827. The van der Waals surface area contributed by atoms with Crippen LogP contribution in [-0.2, 0) is 24.5 Å². The van der Waals surface area contributed by atoms with Gasteiger partial charge in [-0.2, -0.15) is 0 Å². The average Bonchev–Trinajstić information content (AvgIpc) is 3.16. The van der Waals surface area contributed by atoms with Gasteiger partial charge in [0.1, 0.15) is 0 Å². The van der Waals surface area contributed by atoms with Crippen LogP contribution in [0.4, 0.5) is 11.4 Å². The molecular formula is C27H22N2O6. The molecule has 0 radical (unpaired) electrons. The van der Waals surface area contributed by atoms with E-state index in [2.05, 4.69) is 0 Å². The van der Waals surface area contributed by atoms with E-state index in [1.54, 1.807) is 14.2 Å². The number of methoxy groups -OCH3 is 2. The second-order valence-corrected chi connectivity index (χ2v) is 9.11. The first-order chi connectivity index (χ1) is 17.0. The Hall–Kier alpha value is -3.88. The number of anilines is 1. The Morgan fingerprint density at radius 2 is 1.40 bits per heavy atom. The van der Waals surface area contributed by atoms with Crippen molar-refractivity contribution in [3.63, 3.8) is 0 Å². The van der Waals surface area contributed by atoms with Gasteiger partial charge in [0.15, 0.2) is 6.29 Å². The fourth-order valence-corrected chi connectivity index (χ4v) is 6.68. The number of nitro benzene ring substituents is 1. The molecule has 0 aromatic heterocycles. The summed E-state index contributed by atoms with van der Waals surface area (Å²) in [6, 6.07) is 21.2. The number of rotatable bonds is 5. The lowest BCUT2D eigenvalue weighted by Gasteiger charge is -2.56. The van der Waals surface area contributed by atoms with Crippen molar-refractivity contribution in [2.75, 3.05) is 19.1 Å². The first-order valence-electron chi connectivity index (χ1n) is 11.3. The molecule has 35 heavy (non-hydrogen) atoms. The van der Waals surface area contributed by atoms with Crippen LogP contribution >= 0.6 is 0 Å². The van der Waals surface area contributed by atoms with Gasteiger partial charge >= 0.3 is 0 Å². The number of imide groups is 1. The zero-order chi connectivity index (χ0) is 24.5. The molecule has 8 heteroatoms. The van der Waals surface area contributed by atoms with E-state index in [-0.39, 0.29) is 23.4 Å². The van der Waals surface area contributed by atoms with Crippen LogP contribution in [0.15, 0.2) is 72.8 Å². The van der Waals surface area contributed by atoms with E-state index < -0.39 is 28.5 Å². The number of benzene rings is 3. The van der Waals surface area contributed by atoms with Crippen LogP contribution in [0, 0.1) is 22.0 Å². The van der Waals surface area contributed by atoms with Crippen molar-refractivity contribution in [3.05, 3.63) is 105 Å². The maximum Gasteiger partial charge on any atom is 0.269 e. The molecule has 8 nitrogen and oxygen atoms in total. The quantitative estimate of drug-likeness (QED) is 0.244. The molecular weight excluding hydrogens is 448 g/mol. The van der Waals surface area contributed by atoms with E-state index in [0.29, 0.717) is 5.69 Å². The molecule has 2 bridgehead atoms. The number of carbonyl (C=O) groups excluding carboxylic acids is 2. The highest BCUT2D eigenvalue weighted by Gasteiger charge is 2.71. The van der Waals surface area contributed by atoms with Crippen molar-refractivity contribution in [3.8, 4) is 0 Å². The van der Waals surface area contributed by atoms with E-state index in [1.165, 1.54) is 29.2 Å². The highest BCUT2D eigenvalue weighted by molar-refractivity contribution is 6.23. The van der Waals surface area contributed by atoms with Gasteiger partial charge in [-0.25, -0.2) is 4.90 Å². The minimum atomic E-state index is -1.04. The molecule has 7 rings (SSSR count). The summed E-state index contributed by atoms with van der Waals surface area (Å²) < 4.78 is 11.7. The van der Waals surface area contributed by atoms with E-state index >= 15 is 0 Å². The molecule has 1 heterocycles. The summed E-state index contributed by atoms with van der Waals surface area (Å²) in [5.41, 5.74) is 2.97. The van der Waals surface area contributed by atoms with Gasteiger partial charge in [0, 0.05) is 32.3 Å². The van der Waals surface area contributed by atoms with E-state index in [9.17, 15) is 19.7 Å². The molecule has 4 aliphatic rings. The summed E-state index contributed by atoms with van der Waals surface area (Å²) in [7, 11) is 3.08. The van der Waals surface area contributed by atoms with Gasteiger partial charge in [-0.1, -0.05) is 48.5 Å². The minimum Gasteiger partial charge on any atom is -0.355 e. The number of hydrogen-bond acceptors (Lipinski definition) is 6. The van der Waals surface area contributed by atoms with Crippen LogP contribution < -0.4 is 4.90 Å². The molecule has 0 unspecified atom stereocenters. The van der Waals surface area contributed by atoms with Gasteiger partial charge in [0.05, 0.1) is 27.9 Å². The van der Waals surface area contributed by atoms with E-state index in [4.69, 9.17) is 9.47 Å². The van der Waals surface area contributed by atoms with Crippen LogP contribution in [0.1, 0.15) is 28.2 Å². The second-order valence-electron chi connectivity index (χ2n) is 9.11. The Labute approximate surface area is 201 Å². The van der Waals surface area contributed by atoms with Crippen molar-refractivity contribution < 1.29 is 24.0 Å². The average molecular weight is 470 g/mol. The lowest BCUT2D eigenvalue weighted by molar-refractivity contribution is -0.384. The van der Waals surface area contributed by atoms with Gasteiger partial charge in [-0.15, -0.1) is 0 Å². The third-order valence-corrected chi connectivity index (χ3v) is 7.80. The number of ether oxygens (including phenoxy) is 2. The summed E-state index contributed by atoms with van der Waals surface area (Å²) >= 11 is 0. The predicted molar refractivity (Wildman–Crippen MR) is 126 cm³/mol. The van der Waals surface area contributed by atoms with E-state index in [0.717, 1.165) is 22.3 Å². The van der Waals surface area contributed by atoms with E-state index in [1.807, 2.05) is 48.5 Å². The van der Waals surface area contributed by atoms with Crippen LogP contribution in [0.2, 0.25) is 0 Å². The molecule has 176 valence electrons. The van der Waals surface area contributed by atoms with Gasteiger partial charge in [0.2, 0.25) is 11.8 Å². The maximum absolute atomic E-state index is 14.2. The lowest BCUT2D eigenvalue weighted by atomic mass is 9.47. The lowest BCUT2D eigenvalue weighted by Crippen LogP contribution is -2.60. The van der Waals surface area contributed by atoms with Crippen molar-refractivity contribution in [1.29, 1.82) is 0 Å². The Kier molecular flexibility index (Phi) is 4.67. The molecule has 3 aromatic carbocycles. The van der Waals surface area contributed by atoms with Gasteiger partial charge in [-0.05, 0) is 34.4 Å². The van der Waals surface area contributed by atoms with Crippen LogP contribution in [-0.4, -0.2) is 37.2 Å². The molecule has 0 N–H and O–H groups in total. The highest BCUT2D eigenvalue weighted by atomic mass is 16.7. The van der Waals surface area contributed by atoms with Gasteiger partial charge in [-0.3, -0.25) is 19.7 Å². The normalized spacial score (nSPS) is 26.0. The molecule has 2 amide bonds. The van der Waals surface area contributed by atoms with Crippen molar-refractivity contribution in [2.45, 2.75) is 17.6 Å². The smallest absolute Gasteiger partial charge is 0.269 e. The maximum atomic E-state index is 14.2. The topological polar surface area (TPSA) is 99.0 Å². The van der Waals surface area contributed by atoms with Gasteiger partial charge in [0.25, 0.3) is 5.69 Å². The van der Waals surface area contributed by atoms with Crippen LogP contribution in [0.25, 0.3) is 0 Å². The Bertz CT molecular complexity index is 1330. The van der Waals surface area contributed by atoms with Crippen molar-refractivity contribution >= 4 is 23.2 Å². The number of hydrogen-bond donors (Lipinski definition) is 0. The Morgan fingerprint density at radius 3 is 1.91 bits per heavy atom. The third kappa shape index (κ3) is 2.58. The highest BCUT2D eigenvalue weighted by Crippen LogP contribution is 2.65. The van der Waals surface area contributed by atoms with Gasteiger partial charge < -0.3 is 9.47 Å². The summed E-state index contributed by atoms with van der Waals surface area (Å²) in [4.78, 5) is 40.0. The Morgan fingerprint density at radius 1 is 0.857 bits per heavy atom. The summed E-state index contributed by atoms with van der Waals surface area (Å²) in [6.45, 7) is 0. The zero-order valence-corrected chi connectivity index (χ0v) is 19.1. The third-order valence-electron chi connectivity index (χ3n) is 7.80.